The second-order valence-corrected chi connectivity index (χ2v) is 3.12. The third kappa shape index (κ3) is 2.20. The average molecular weight is 197 g/mol. The summed E-state index contributed by atoms with van der Waals surface area (Å²) in [7, 11) is 0. The molecule has 0 radical (unpaired) electrons. The molecule has 0 fully saturated rings. The third-order valence-electron chi connectivity index (χ3n) is 1.51. The van der Waals surface area contributed by atoms with Crippen LogP contribution in [-0.2, 0) is 0 Å². The Labute approximate surface area is 83.3 Å². The highest BCUT2D eigenvalue weighted by Crippen LogP contribution is 2.17. The first-order chi connectivity index (χ1) is 5.75. The van der Waals surface area contributed by atoms with E-state index in [2.05, 4.69) is 24.5 Å². The monoisotopic (exact) mass is 196 g/mol. The van der Waals surface area contributed by atoms with E-state index < -0.39 is 0 Å². The molecular formula is C10H9ClS. The number of hydrogen-bond donors (Lipinski definition) is 1. The Morgan fingerprint density at radius 2 is 2.25 bits per heavy atom. The summed E-state index contributed by atoms with van der Waals surface area (Å²) in [6, 6.07) is 5.76. The summed E-state index contributed by atoms with van der Waals surface area (Å²) in [4.78, 5) is 0. The number of hydrogen-bond acceptors (Lipinski definition) is 1. The molecule has 12 heavy (non-hydrogen) atoms. The zero-order chi connectivity index (χ0) is 8.97. The smallest absolute Gasteiger partial charge is 0.0565 e. The van der Waals surface area contributed by atoms with Crippen molar-refractivity contribution in [2.24, 2.45) is 0 Å². The summed E-state index contributed by atoms with van der Waals surface area (Å²) in [6.45, 7) is 1.99. The minimum Gasteiger partial charge on any atom is -0.166 e. The van der Waals surface area contributed by atoms with Crippen molar-refractivity contribution in [1.82, 2.24) is 0 Å². The van der Waals surface area contributed by atoms with Crippen molar-refractivity contribution in [3.63, 3.8) is 0 Å². The van der Waals surface area contributed by atoms with Crippen LogP contribution in [0.15, 0.2) is 18.2 Å². The molecule has 0 unspecified atom stereocenters. The molecule has 0 saturated heterocycles. The summed E-state index contributed by atoms with van der Waals surface area (Å²) < 4.78 is 0. The van der Waals surface area contributed by atoms with E-state index in [-0.39, 0.29) is 0 Å². The average Bonchev–Trinajstić information content (AvgIpc) is 2.04. The molecule has 0 amide bonds. The maximum Gasteiger partial charge on any atom is 0.0565 e. The fraction of sp³-hybridized carbons (Fsp3) is 0.200. The van der Waals surface area contributed by atoms with Crippen LogP contribution in [0.2, 0.25) is 5.02 Å². The van der Waals surface area contributed by atoms with Gasteiger partial charge in [0.05, 0.1) is 10.8 Å². The molecule has 0 saturated carbocycles. The van der Waals surface area contributed by atoms with E-state index in [0.29, 0.717) is 10.8 Å². The quantitative estimate of drug-likeness (QED) is 0.479. The Hall–Kier alpha value is -0.580. The second-order valence-electron chi connectivity index (χ2n) is 2.39. The molecule has 0 nitrogen and oxygen atoms in total. The minimum atomic E-state index is 0.560. The molecule has 1 aromatic carbocycles. The molecule has 0 aliphatic rings. The van der Waals surface area contributed by atoms with Crippen molar-refractivity contribution >= 4 is 24.2 Å². The van der Waals surface area contributed by atoms with Gasteiger partial charge in [-0.15, -0.1) is 0 Å². The molecule has 0 aliphatic carbocycles. The van der Waals surface area contributed by atoms with Crippen molar-refractivity contribution in [3.05, 3.63) is 34.3 Å². The van der Waals surface area contributed by atoms with E-state index in [0.717, 1.165) is 11.1 Å². The van der Waals surface area contributed by atoms with Gasteiger partial charge in [-0.1, -0.05) is 35.6 Å². The molecular weight excluding hydrogens is 188 g/mol. The van der Waals surface area contributed by atoms with Crippen molar-refractivity contribution in [3.8, 4) is 11.8 Å². The number of rotatable bonds is 0. The van der Waals surface area contributed by atoms with E-state index in [1.807, 2.05) is 25.1 Å². The highest BCUT2D eigenvalue weighted by Gasteiger charge is 1.98. The van der Waals surface area contributed by atoms with Gasteiger partial charge in [0.25, 0.3) is 0 Å². The summed E-state index contributed by atoms with van der Waals surface area (Å²) in [6.07, 6.45) is 0. The molecule has 0 aliphatic heterocycles. The van der Waals surface area contributed by atoms with Crippen LogP contribution < -0.4 is 0 Å². The first-order valence-corrected chi connectivity index (χ1v) is 4.61. The Morgan fingerprint density at radius 3 is 2.83 bits per heavy atom. The molecule has 0 N–H and O–H groups in total. The Bertz CT molecular complexity index is 313. The van der Waals surface area contributed by atoms with Crippen LogP contribution in [0.25, 0.3) is 0 Å². The van der Waals surface area contributed by atoms with Crippen LogP contribution in [-0.4, -0.2) is 5.75 Å². The first-order valence-electron chi connectivity index (χ1n) is 3.60. The molecule has 1 rings (SSSR count). The van der Waals surface area contributed by atoms with Gasteiger partial charge in [-0.05, 0) is 18.6 Å². The molecule has 2 heteroatoms. The number of benzene rings is 1. The lowest BCUT2D eigenvalue weighted by Gasteiger charge is -1.98. The standard InChI is InChI=1S/C10H9ClS/c1-8-4-2-6-10(11)9(8)5-3-7-12/h2,4,6,12H,7H2,1H3. The number of thiol groups is 1. The van der Waals surface area contributed by atoms with Gasteiger partial charge in [-0.3, -0.25) is 0 Å². The van der Waals surface area contributed by atoms with Crippen molar-refractivity contribution in [1.29, 1.82) is 0 Å². The highest BCUT2D eigenvalue weighted by atomic mass is 35.5. The fourth-order valence-electron chi connectivity index (χ4n) is 0.918. The lowest BCUT2D eigenvalue weighted by Crippen LogP contribution is -1.82. The Morgan fingerprint density at radius 1 is 1.50 bits per heavy atom. The summed E-state index contributed by atoms with van der Waals surface area (Å²) in [5, 5.41) is 0.712. The van der Waals surface area contributed by atoms with E-state index in [1.54, 1.807) is 0 Å². The van der Waals surface area contributed by atoms with Gasteiger partial charge in [0.2, 0.25) is 0 Å². The largest absolute Gasteiger partial charge is 0.166 e. The molecule has 0 bridgehead atoms. The summed E-state index contributed by atoms with van der Waals surface area (Å²) in [5.74, 6) is 6.41. The van der Waals surface area contributed by atoms with E-state index >= 15 is 0 Å². The SMILES string of the molecule is Cc1cccc(Cl)c1C#CCS. The normalized spacial score (nSPS) is 8.92. The lowest BCUT2D eigenvalue weighted by atomic mass is 10.1. The molecule has 0 heterocycles. The maximum atomic E-state index is 5.94. The molecule has 0 spiro atoms. The lowest BCUT2D eigenvalue weighted by molar-refractivity contribution is 1.44. The maximum absolute atomic E-state index is 5.94. The second kappa shape index (κ2) is 4.45. The Kier molecular flexibility index (Phi) is 3.52. The zero-order valence-electron chi connectivity index (χ0n) is 6.76. The van der Waals surface area contributed by atoms with Gasteiger partial charge >= 0.3 is 0 Å². The Balaban J connectivity index is 3.13. The van der Waals surface area contributed by atoms with Gasteiger partial charge in [0.15, 0.2) is 0 Å². The van der Waals surface area contributed by atoms with Crippen molar-refractivity contribution in [2.75, 3.05) is 5.75 Å². The van der Waals surface area contributed by atoms with Crippen molar-refractivity contribution < 1.29 is 0 Å². The van der Waals surface area contributed by atoms with Gasteiger partial charge in [-0.25, -0.2) is 0 Å². The number of aryl methyl sites for hydroxylation is 1. The van der Waals surface area contributed by atoms with Crippen LogP contribution in [0, 0.1) is 18.8 Å². The highest BCUT2D eigenvalue weighted by molar-refractivity contribution is 7.80. The molecule has 0 aromatic heterocycles. The predicted molar refractivity (Wildman–Crippen MR) is 56.9 cm³/mol. The van der Waals surface area contributed by atoms with Crippen LogP contribution in [0.4, 0.5) is 0 Å². The van der Waals surface area contributed by atoms with Crippen molar-refractivity contribution in [2.45, 2.75) is 6.92 Å². The van der Waals surface area contributed by atoms with E-state index in [9.17, 15) is 0 Å². The van der Waals surface area contributed by atoms with Gasteiger partial charge in [-0.2, -0.15) is 12.6 Å². The van der Waals surface area contributed by atoms with Crippen LogP contribution in [0.1, 0.15) is 11.1 Å². The van der Waals surface area contributed by atoms with Gasteiger partial charge in [0, 0.05) is 5.56 Å². The summed E-state index contributed by atoms with van der Waals surface area (Å²) in [5.41, 5.74) is 2.02. The van der Waals surface area contributed by atoms with E-state index in [4.69, 9.17) is 11.6 Å². The topological polar surface area (TPSA) is 0 Å². The minimum absolute atomic E-state index is 0.560. The van der Waals surface area contributed by atoms with E-state index in [1.165, 1.54) is 0 Å². The zero-order valence-corrected chi connectivity index (χ0v) is 8.41. The van der Waals surface area contributed by atoms with Crippen LogP contribution >= 0.6 is 24.2 Å². The first kappa shape index (κ1) is 9.51. The van der Waals surface area contributed by atoms with Gasteiger partial charge < -0.3 is 0 Å². The number of halogens is 1. The molecule has 0 atom stereocenters. The summed E-state index contributed by atoms with van der Waals surface area (Å²) >= 11 is 9.94. The molecule has 62 valence electrons. The van der Waals surface area contributed by atoms with Gasteiger partial charge in [0.1, 0.15) is 0 Å². The van der Waals surface area contributed by atoms with Crippen LogP contribution in [0.5, 0.6) is 0 Å². The fourth-order valence-corrected chi connectivity index (χ4v) is 1.27. The van der Waals surface area contributed by atoms with Crippen LogP contribution in [0.3, 0.4) is 0 Å². The molecule has 1 aromatic rings. The predicted octanol–water partition coefficient (Wildman–Crippen LogP) is 2.93. The third-order valence-corrected chi connectivity index (χ3v) is 1.99.